The van der Waals surface area contributed by atoms with Crippen molar-refractivity contribution in [3.8, 4) is 0 Å². The molecule has 1 aromatic carbocycles. The summed E-state index contributed by atoms with van der Waals surface area (Å²) in [6.45, 7) is 2.79. The molecule has 0 N–H and O–H groups in total. The first kappa shape index (κ1) is 15.1. The van der Waals surface area contributed by atoms with E-state index in [1.165, 1.54) is 23.3 Å². The number of hydrogen-bond donors (Lipinski definition) is 0. The summed E-state index contributed by atoms with van der Waals surface area (Å²) in [5, 5.41) is 0.856. The molecule has 0 fully saturated rings. The van der Waals surface area contributed by atoms with E-state index in [9.17, 15) is 4.79 Å². The van der Waals surface area contributed by atoms with E-state index in [0.717, 1.165) is 26.7 Å². The van der Waals surface area contributed by atoms with Crippen LogP contribution < -0.4 is 5.56 Å². The van der Waals surface area contributed by atoms with Crippen molar-refractivity contribution in [2.75, 3.05) is 0 Å². The van der Waals surface area contributed by atoms with Crippen molar-refractivity contribution in [1.29, 1.82) is 0 Å². The van der Waals surface area contributed by atoms with Gasteiger partial charge in [-0.05, 0) is 48.4 Å². The highest BCUT2D eigenvalue weighted by molar-refractivity contribution is 9.10. The molecule has 1 aliphatic rings. The summed E-state index contributed by atoms with van der Waals surface area (Å²) < 4.78 is 2.76. The molecule has 1 aliphatic carbocycles. The van der Waals surface area contributed by atoms with Crippen molar-refractivity contribution in [1.82, 2.24) is 9.55 Å². The number of rotatable bonds is 2. The lowest BCUT2D eigenvalue weighted by molar-refractivity contribution is 0.601. The van der Waals surface area contributed by atoms with Gasteiger partial charge in [-0.2, -0.15) is 0 Å². The number of aryl methyl sites for hydroxylation is 1. The van der Waals surface area contributed by atoms with Gasteiger partial charge in [-0.3, -0.25) is 9.36 Å². The van der Waals surface area contributed by atoms with Gasteiger partial charge in [0.1, 0.15) is 4.83 Å². The maximum atomic E-state index is 13.0. The van der Waals surface area contributed by atoms with Crippen LogP contribution in [0.15, 0.2) is 39.9 Å². The molecule has 3 aromatic rings. The molecule has 0 bridgehead atoms. The van der Waals surface area contributed by atoms with Crippen molar-refractivity contribution in [2.45, 2.75) is 38.6 Å². The van der Waals surface area contributed by atoms with E-state index in [2.05, 4.69) is 27.8 Å². The average Bonchev–Trinajstić information content (AvgIpc) is 2.91. The van der Waals surface area contributed by atoms with E-state index in [1.807, 2.05) is 24.3 Å². The number of hydrogen-bond acceptors (Lipinski definition) is 3. The summed E-state index contributed by atoms with van der Waals surface area (Å²) in [7, 11) is 0. The third kappa shape index (κ3) is 2.66. The predicted molar refractivity (Wildman–Crippen MR) is 98.5 cm³/mol. The summed E-state index contributed by atoms with van der Waals surface area (Å²) in [4.78, 5) is 19.9. The molecule has 0 saturated heterocycles. The normalized spacial score (nSPS) is 17.4. The van der Waals surface area contributed by atoms with Crippen molar-refractivity contribution >= 4 is 37.5 Å². The van der Waals surface area contributed by atoms with Crippen LogP contribution in [0.25, 0.3) is 10.2 Å². The molecule has 0 saturated carbocycles. The lowest BCUT2D eigenvalue weighted by Gasteiger charge is -2.18. The van der Waals surface area contributed by atoms with Gasteiger partial charge in [0.25, 0.3) is 5.56 Å². The Morgan fingerprint density at radius 2 is 2.30 bits per heavy atom. The summed E-state index contributed by atoms with van der Waals surface area (Å²) >= 11 is 5.19. The Hall–Kier alpha value is -1.46. The molecule has 4 rings (SSSR count). The van der Waals surface area contributed by atoms with Gasteiger partial charge in [0.15, 0.2) is 0 Å². The van der Waals surface area contributed by atoms with E-state index in [1.54, 1.807) is 22.2 Å². The number of thiophene rings is 1. The number of nitrogens with zero attached hydrogens (tertiary/aromatic N) is 2. The maximum Gasteiger partial charge on any atom is 0.262 e. The lowest BCUT2D eigenvalue weighted by atomic mass is 9.88. The van der Waals surface area contributed by atoms with Crippen molar-refractivity contribution in [3.63, 3.8) is 0 Å². The summed E-state index contributed by atoms with van der Waals surface area (Å²) in [5.41, 5.74) is 2.46. The first-order chi connectivity index (χ1) is 11.1. The van der Waals surface area contributed by atoms with E-state index < -0.39 is 0 Å². The van der Waals surface area contributed by atoms with Crippen LogP contribution in [0.2, 0.25) is 0 Å². The summed E-state index contributed by atoms with van der Waals surface area (Å²) in [6.07, 6.45) is 5.16. The zero-order valence-electron chi connectivity index (χ0n) is 12.9. The summed E-state index contributed by atoms with van der Waals surface area (Å²) in [5.74, 6) is 0.462. The first-order valence-corrected chi connectivity index (χ1v) is 9.49. The van der Waals surface area contributed by atoms with Crippen molar-refractivity contribution < 1.29 is 0 Å². The molecule has 0 aliphatic heterocycles. The number of halogens is 1. The highest BCUT2D eigenvalue weighted by Crippen LogP contribution is 2.39. The number of benzene rings is 1. The predicted octanol–water partition coefficient (Wildman–Crippen LogP) is 4.71. The molecule has 2 heterocycles. The maximum absolute atomic E-state index is 13.0. The molecule has 23 heavy (non-hydrogen) atoms. The summed E-state index contributed by atoms with van der Waals surface area (Å²) in [6, 6.07) is 8.06. The van der Waals surface area contributed by atoms with Crippen LogP contribution in [0.3, 0.4) is 0 Å². The molecule has 118 valence electrons. The molecule has 1 atom stereocenters. The molecule has 1 unspecified atom stereocenters. The second-order valence-electron chi connectivity index (χ2n) is 6.22. The second kappa shape index (κ2) is 5.87. The Labute approximate surface area is 147 Å². The van der Waals surface area contributed by atoms with E-state index >= 15 is 0 Å². The second-order valence-corrected chi connectivity index (χ2v) is 8.22. The lowest BCUT2D eigenvalue weighted by Crippen LogP contribution is -2.22. The third-order valence-electron chi connectivity index (χ3n) is 4.57. The minimum Gasteiger partial charge on any atom is -0.294 e. The monoisotopic (exact) mass is 388 g/mol. The third-order valence-corrected chi connectivity index (χ3v) is 6.23. The van der Waals surface area contributed by atoms with Crippen LogP contribution in [0.5, 0.6) is 0 Å². The minimum absolute atomic E-state index is 0.0984. The molecule has 3 nitrogen and oxygen atoms in total. The van der Waals surface area contributed by atoms with Crippen LogP contribution in [0, 0.1) is 0 Å². The quantitative estimate of drug-likeness (QED) is 0.636. The van der Waals surface area contributed by atoms with Crippen LogP contribution >= 0.6 is 27.3 Å². The Balaban J connectivity index is 1.84. The largest absolute Gasteiger partial charge is 0.294 e. The Morgan fingerprint density at radius 1 is 1.43 bits per heavy atom. The van der Waals surface area contributed by atoms with Gasteiger partial charge in [0.2, 0.25) is 0 Å². The van der Waals surface area contributed by atoms with Crippen molar-refractivity contribution in [3.05, 3.63) is 61.4 Å². The Bertz CT molecular complexity index is 944. The van der Waals surface area contributed by atoms with E-state index in [4.69, 9.17) is 0 Å². The Kier molecular flexibility index (Phi) is 3.85. The van der Waals surface area contributed by atoms with E-state index in [0.29, 0.717) is 12.5 Å². The Morgan fingerprint density at radius 3 is 3.13 bits per heavy atom. The molecule has 0 amide bonds. The smallest absolute Gasteiger partial charge is 0.262 e. The standard InChI is InChI=1S/C18H17BrN2OS/c1-11-4-2-7-14-15(11)16-17(23-14)20-10-21(18(16)22)9-12-5-3-6-13(19)8-12/h3,5-6,8,10-11H,2,4,7,9H2,1H3. The number of aromatic nitrogens is 2. The van der Waals surface area contributed by atoms with E-state index in [-0.39, 0.29) is 5.56 Å². The van der Waals surface area contributed by atoms with Gasteiger partial charge in [0, 0.05) is 9.35 Å². The van der Waals surface area contributed by atoms with Crippen LogP contribution in [-0.4, -0.2) is 9.55 Å². The van der Waals surface area contributed by atoms with Crippen LogP contribution in [0.1, 0.15) is 41.7 Å². The highest BCUT2D eigenvalue weighted by atomic mass is 79.9. The van der Waals surface area contributed by atoms with Gasteiger partial charge in [-0.25, -0.2) is 4.98 Å². The molecule has 0 spiro atoms. The van der Waals surface area contributed by atoms with Crippen LogP contribution in [0.4, 0.5) is 0 Å². The van der Waals surface area contributed by atoms with Crippen molar-refractivity contribution in [2.24, 2.45) is 0 Å². The molecule has 2 aromatic heterocycles. The van der Waals surface area contributed by atoms with Gasteiger partial charge >= 0.3 is 0 Å². The molecular weight excluding hydrogens is 372 g/mol. The molecule has 5 heteroatoms. The molecule has 0 radical (unpaired) electrons. The fraction of sp³-hybridized carbons (Fsp3) is 0.333. The number of fused-ring (bicyclic) bond motifs is 3. The van der Waals surface area contributed by atoms with Gasteiger partial charge in [-0.15, -0.1) is 11.3 Å². The fourth-order valence-electron chi connectivity index (χ4n) is 3.46. The fourth-order valence-corrected chi connectivity index (χ4v) is 5.20. The zero-order valence-corrected chi connectivity index (χ0v) is 15.3. The van der Waals surface area contributed by atoms with Gasteiger partial charge in [-0.1, -0.05) is 35.0 Å². The average molecular weight is 389 g/mol. The zero-order chi connectivity index (χ0) is 16.0. The van der Waals surface area contributed by atoms with Gasteiger partial charge in [0.05, 0.1) is 18.3 Å². The SMILES string of the molecule is CC1CCCc2sc3ncn(Cc4cccc(Br)c4)c(=O)c3c21. The first-order valence-electron chi connectivity index (χ1n) is 7.88. The highest BCUT2D eigenvalue weighted by Gasteiger charge is 2.24. The van der Waals surface area contributed by atoms with Gasteiger partial charge < -0.3 is 0 Å². The van der Waals surface area contributed by atoms with Crippen LogP contribution in [-0.2, 0) is 13.0 Å². The minimum atomic E-state index is 0.0984. The topological polar surface area (TPSA) is 34.9 Å². The molecular formula is C18H17BrN2OS.